The lowest BCUT2D eigenvalue weighted by Crippen LogP contribution is -2.49. The summed E-state index contributed by atoms with van der Waals surface area (Å²) in [5.74, 6) is -0.0376. The van der Waals surface area contributed by atoms with Gasteiger partial charge in [-0.05, 0) is 24.6 Å². The average molecular weight is 339 g/mol. The highest BCUT2D eigenvalue weighted by Crippen LogP contribution is 2.20. The van der Waals surface area contributed by atoms with Crippen molar-refractivity contribution in [1.29, 1.82) is 0 Å². The third-order valence-electron chi connectivity index (χ3n) is 4.21. The number of rotatable bonds is 7. The van der Waals surface area contributed by atoms with Crippen LogP contribution in [0, 0.1) is 0 Å². The first-order chi connectivity index (χ1) is 11.1. The van der Waals surface area contributed by atoms with E-state index in [1.165, 1.54) is 5.69 Å². The molecule has 1 aliphatic heterocycles. The molecule has 0 aliphatic carbocycles. The van der Waals surface area contributed by atoms with Crippen LogP contribution in [0.2, 0.25) is 5.02 Å². The van der Waals surface area contributed by atoms with Crippen LogP contribution >= 0.6 is 11.6 Å². The number of carbonyl (C=O) groups excluding carboxylic acids is 1. The van der Waals surface area contributed by atoms with E-state index in [1.807, 2.05) is 25.1 Å². The summed E-state index contributed by atoms with van der Waals surface area (Å²) in [7, 11) is 0. The minimum Gasteiger partial charge on any atom is -0.369 e. The molecule has 1 aromatic carbocycles. The molecule has 1 amide bonds. The molecule has 0 bridgehead atoms. The van der Waals surface area contributed by atoms with E-state index in [0.717, 1.165) is 50.6 Å². The number of nitrogens with zero attached hydrogens (tertiary/aromatic N) is 2. The molecule has 1 saturated heterocycles. The van der Waals surface area contributed by atoms with Crippen LogP contribution in [0.4, 0.5) is 5.69 Å². The van der Waals surface area contributed by atoms with Crippen molar-refractivity contribution < 1.29 is 4.79 Å². The number of hydrogen-bond acceptors (Lipinski definition) is 4. The number of halogens is 1. The molecule has 128 valence electrons. The largest absolute Gasteiger partial charge is 0.369 e. The van der Waals surface area contributed by atoms with E-state index in [-0.39, 0.29) is 11.9 Å². The Morgan fingerprint density at radius 3 is 2.74 bits per heavy atom. The third-order valence-corrected chi connectivity index (χ3v) is 4.44. The molecule has 5 nitrogen and oxygen atoms in total. The molecule has 1 atom stereocenters. The number of hydrogen-bond donors (Lipinski definition) is 2. The molecule has 6 heteroatoms. The van der Waals surface area contributed by atoms with Crippen LogP contribution in [-0.4, -0.2) is 56.1 Å². The van der Waals surface area contributed by atoms with Crippen LogP contribution in [0.1, 0.15) is 19.8 Å². The maximum Gasteiger partial charge on any atom is 0.236 e. The van der Waals surface area contributed by atoms with E-state index >= 15 is 0 Å². The summed E-state index contributed by atoms with van der Waals surface area (Å²) in [6.07, 6.45) is 1.67. The Balaban J connectivity index is 1.68. The summed E-state index contributed by atoms with van der Waals surface area (Å²) in [6, 6.07) is 7.61. The van der Waals surface area contributed by atoms with E-state index in [9.17, 15) is 4.79 Å². The fraction of sp³-hybridized carbons (Fsp3) is 0.588. The number of benzene rings is 1. The van der Waals surface area contributed by atoms with Gasteiger partial charge in [0.2, 0.25) is 5.91 Å². The molecule has 0 aromatic heterocycles. The second-order valence-corrected chi connectivity index (χ2v) is 6.43. The van der Waals surface area contributed by atoms with Gasteiger partial charge in [-0.1, -0.05) is 31.0 Å². The number of anilines is 1. The second-order valence-electron chi connectivity index (χ2n) is 5.99. The highest BCUT2D eigenvalue weighted by molar-refractivity contribution is 6.30. The number of nitrogens with two attached hydrogens (primary N) is 1. The fourth-order valence-electron chi connectivity index (χ4n) is 2.81. The molecule has 1 unspecified atom stereocenters. The van der Waals surface area contributed by atoms with Crippen LogP contribution in [-0.2, 0) is 4.79 Å². The molecular weight excluding hydrogens is 312 g/mol. The summed E-state index contributed by atoms with van der Waals surface area (Å²) in [5.41, 5.74) is 6.98. The van der Waals surface area contributed by atoms with Gasteiger partial charge in [-0.15, -0.1) is 0 Å². The van der Waals surface area contributed by atoms with Gasteiger partial charge in [0.25, 0.3) is 0 Å². The summed E-state index contributed by atoms with van der Waals surface area (Å²) < 4.78 is 0. The SMILES string of the molecule is CCCC(N)C(=O)NCCN1CCN(c2cccc(Cl)c2)CC1. The first-order valence-corrected chi connectivity index (χ1v) is 8.74. The topological polar surface area (TPSA) is 61.6 Å². The van der Waals surface area contributed by atoms with Gasteiger partial charge in [0.15, 0.2) is 0 Å². The van der Waals surface area contributed by atoms with Crippen LogP contribution in [0.15, 0.2) is 24.3 Å². The first kappa shape index (κ1) is 18.0. The maximum absolute atomic E-state index is 11.8. The molecular formula is C17H27ClN4O. The number of nitrogens with one attached hydrogen (secondary N) is 1. The number of piperazine rings is 1. The van der Waals surface area contributed by atoms with Gasteiger partial charge < -0.3 is 16.0 Å². The van der Waals surface area contributed by atoms with E-state index in [4.69, 9.17) is 17.3 Å². The Hall–Kier alpha value is -1.30. The van der Waals surface area contributed by atoms with Gasteiger partial charge in [0.1, 0.15) is 0 Å². The van der Waals surface area contributed by atoms with Gasteiger partial charge in [-0.3, -0.25) is 9.69 Å². The molecule has 0 spiro atoms. The predicted molar refractivity (Wildman–Crippen MR) is 96.0 cm³/mol. The van der Waals surface area contributed by atoms with Crippen molar-refractivity contribution >= 4 is 23.2 Å². The zero-order valence-electron chi connectivity index (χ0n) is 13.8. The van der Waals surface area contributed by atoms with Crippen LogP contribution < -0.4 is 16.0 Å². The zero-order valence-corrected chi connectivity index (χ0v) is 14.6. The van der Waals surface area contributed by atoms with Crippen LogP contribution in [0.5, 0.6) is 0 Å². The lowest BCUT2D eigenvalue weighted by molar-refractivity contribution is -0.122. The van der Waals surface area contributed by atoms with Crippen LogP contribution in [0.25, 0.3) is 0 Å². The van der Waals surface area contributed by atoms with Crippen molar-refractivity contribution in [3.63, 3.8) is 0 Å². The van der Waals surface area contributed by atoms with E-state index < -0.39 is 0 Å². The van der Waals surface area contributed by atoms with Crippen LogP contribution in [0.3, 0.4) is 0 Å². The van der Waals surface area contributed by atoms with Gasteiger partial charge >= 0.3 is 0 Å². The summed E-state index contributed by atoms with van der Waals surface area (Å²) >= 11 is 6.05. The Bertz CT molecular complexity index is 503. The average Bonchev–Trinajstić information content (AvgIpc) is 2.55. The maximum atomic E-state index is 11.8. The van der Waals surface area contributed by atoms with E-state index in [2.05, 4.69) is 21.2 Å². The van der Waals surface area contributed by atoms with Crippen molar-refractivity contribution in [3.05, 3.63) is 29.3 Å². The minimum atomic E-state index is -0.375. The predicted octanol–water partition coefficient (Wildman–Crippen LogP) is 1.71. The highest BCUT2D eigenvalue weighted by Gasteiger charge is 2.18. The normalized spacial score (nSPS) is 17.1. The Morgan fingerprint density at radius 2 is 2.09 bits per heavy atom. The molecule has 2 rings (SSSR count). The Labute approximate surface area is 143 Å². The lowest BCUT2D eigenvalue weighted by Gasteiger charge is -2.36. The zero-order chi connectivity index (χ0) is 16.7. The van der Waals surface area contributed by atoms with Gasteiger partial charge in [-0.25, -0.2) is 0 Å². The van der Waals surface area contributed by atoms with E-state index in [1.54, 1.807) is 0 Å². The molecule has 1 aliphatic rings. The molecule has 3 N–H and O–H groups in total. The fourth-order valence-corrected chi connectivity index (χ4v) is 3.00. The van der Waals surface area contributed by atoms with Gasteiger partial charge in [0.05, 0.1) is 6.04 Å². The van der Waals surface area contributed by atoms with Gasteiger partial charge in [0, 0.05) is 50.0 Å². The summed E-state index contributed by atoms with van der Waals surface area (Å²) in [4.78, 5) is 16.5. The standard InChI is InChI=1S/C17H27ClN4O/c1-2-4-16(19)17(23)20-7-8-21-9-11-22(12-10-21)15-6-3-5-14(18)13-15/h3,5-6,13,16H,2,4,7-12,19H2,1H3,(H,20,23). The highest BCUT2D eigenvalue weighted by atomic mass is 35.5. The minimum absolute atomic E-state index is 0.0376. The Morgan fingerprint density at radius 1 is 1.35 bits per heavy atom. The monoisotopic (exact) mass is 338 g/mol. The van der Waals surface area contributed by atoms with Crippen molar-refractivity contribution in [2.45, 2.75) is 25.8 Å². The number of amides is 1. The molecule has 23 heavy (non-hydrogen) atoms. The first-order valence-electron chi connectivity index (χ1n) is 8.36. The molecule has 0 radical (unpaired) electrons. The van der Waals surface area contributed by atoms with Crippen molar-refractivity contribution in [3.8, 4) is 0 Å². The molecule has 1 heterocycles. The molecule has 1 fully saturated rings. The molecule has 1 aromatic rings. The van der Waals surface area contributed by atoms with Crippen molar-refractivity contribution in [2.75, 3.05) is 44.2 Å². The smallest absolute Gasteiger partial charge is 0.236 e. The quantitative estimate of drug-likeness (QED) is 0.794. The number of carbonyl (C=O) groups is 1. The summed E-state index contributed by atoms with van der Waals surface area (Å²) in [6.45, 7) is 7.49. The second kappa shape index (κ2) is 9.11. The third kappa shape index (κ3) is 5.68. The summed E-state index contributed by atoms with van der Waals surface area (Å²) in [5, 5.41) is 3.70. The van der Waals surface area contributed by atoms with Crippen molar-refractivity contribution in [1.82, 2.24) is 10.2 Å². The van der Waals surface area contributed by atoms with Gasteiger partial charge in [-0.2, -0.15) is 0 Å². The Kier molecular flexibility index (Phi) is 7.15. The molecule has 0 saturated carbocycles. The lowest BCUT2D eigenvalue weighted by atomic mass is 10.2. The van der Waals surface area contributed by atoms with E-state index in [0.29, 0.717) is 6.54 Å². The van der Waals surface area contributed by atoms with Crippen molar-refractivity contribution in [2.24, 2.45) is 5.73 Å².